The molecule has 0 saturated carbocycles. The number of ether oxygens (including phenoxy) is 1. The number of esters is 1. The molecule has 0 radical (unpaired) electrons. The Balaban J connectivity index is 2.01. The Kier molecular flexibility index (Phi) is 5.73. The highest BCUT2D eigenvalue weighted by Gasteiger charge is 2.14. The number of aryl methyl sites for hydroxylation is 1. The van der Waals surface area contributed by atoms with Gasteiger partial charge in [-0.1, -0.05) is 53.7 Å². The van der Waals surface area contributed by atoms with Gasteiger partial charge in [0, 0.05) is 0 Å². The summed E-state index contributed by atoms with van der Waals surface area (Å²) in [6, 6.07) is 15.3. The molecule has 134 valence electrons. The molecule has 1 aromatic heterocycles. The van der Waals surface area contributed by atoms with E-state index in [1.807, 2.05) is 43.3 Å². The lowest BCUT2D eigenvalue weighted by Gasteiger charge is -2.13. The Morgan fingerprint density at radius 3 is 2.62 bits per heavy atom. The van der Waals surface area contributed by atoms with Crippen LogP contribution in [0.3, 0.4) is 0 Å². The van der Waals surface area contributed by atoms with Gasteiger partial charge in [-0.3, -0.25) is 14.2 Å². The second-order valence-corrected chi connectivity index (χ2v) is 6.82. The third-order valence-corrected chi connectivity index (χ3v) is 4.86. The molecule has 0 aliphatic rings. The molecule has 0 amide bonds. The number of carbonyl (C=O) groups is 1. The van der Waals surface area contributed by atoms with Gasteiger partial charge in [0.05, 0.1) is 29.8 Å². The molecular weight excluding hydrogens is 348 g/mol. The number of fused-ring (bicyclic) bond motifs is 1. The smallest absolute Gasteiger partial charge is 0.316 e. The normalized spacial score (nSPS) is 10.8. The first-order valence-electron chi connectivity index (χ1n) is 8.42. The molecule has 0 saturated heterocycles. The lowest BCUT2D eigenvalue weighted by Crippen LogP contribution is -2.24. The van der Waals surface area contributed by atoms with Crippen molar-refractivity contribution < 1.29 is 9.53 Å². The van der Waals surface area contributed by atoms with Crippen molar-refractivity contribution in [3.05, 3.63) is 70.0 Å². The van der Waals surface area contributed by atoms with Gasteiger partial charge < -0.3 is 4.74 Å². The van der Waals surface area contributed by atoms with Crippen LogP contribution < -0.4 is 5.56 Å². The Labute approximate surface area is 156 Å². The fourth-order valence-corrected chi connectivity index (χ4v) is 3.40. The summed E-state index contributed by atoms with van der Waals surface area (Å²) in [5.41, 5.74) is 2.69. The van der Waals surface area contributed by atoms with Gasteiger partial charge in [-0.15, -0.1) is 0 Å². The first-order chi connectivity index (χ1) is 12.6. The SMILES string of the molecule is CCOC(=O)CSc1nc2ccccc2c(=O)n1Cc1ccc(C)cc1. The molecule has 26 heavy (non-hydrogen) atoms. The highest BCUT2D eigenvalue weighted by Crippen LogP contribution is 2.19. The maximum absolute atomic E-state index is 13.0. The molecule has 0 aliphatic carbocycles. The molecule has 0 spiro atoms. The van der Waals surface area contributed by atoms with Crippen molar-refractivity contribution in [3.8, 4) is 0 Å². The van der Waals surface area contributed by atoms with Crippen LogP contribution in [0, 0.1) is 6.92 Å². The van der Waals surface area contributed by atoms with Crippen LogP contribution in [0.25, 0.3) is 10.9 Å². The lowest BCUT2D eigenvalue weighted by atomic mass is 10.1. The number of aromatic nitrogens is 2. The fraction of sp³-hybridized carbons (Fsp3) is 0.250. The third kappa shape index (κ3) is 4.14. The van der Waals surface area contributed by atoms with E-state index in [2.05, 4.69) is 4.98 Å². The number of nitrogens with zero attached hydrogens (tertiary/aromatic N) is 2. The van der Waals surface area contributed by atoms with E-state index >= 15 is 0 Å². The van der Waals surface area contributed by atoms with Gasteiger partial charge in [0.2, 0.25) is 0 Å². The highest BCUT2D eigenvalue weighted by molar-refractivity contribution is 7.99. The third-order valence-electron chi connectivity index (χ3n) is 3.91. The first kappa shape index (κ1) is 18.2. The summed E-state index contributed by atoms with van der Waals surface area (Å²) in [4.78, 5) is 29.3. The number of para-hydroxylation sites is 1. The molecule has 0 aliphatic heterocycles. The van der Waals surface area contributed by atoms with Crippen molar-refractivity contribution in [3.63, 3.8) is 0 Å². The van der Waals surface area contributed by atoms with E-state index in [0.29, 0.717) is 29.2 Å². The molecule has 0 unspecified atom stereocenters. The highest BCUT2D eigenvalue weighted by atomic mass is 32.2. The monoisotopic (exact) mass is 368 g/mol. The summed E-state index contributed by atoms with van der Waals surface area (Å²) < 4.78 is 6.60. The Bertz CT molecular complexity index is 981. The van der Waals surface area contributed by atoms with Crippen LogP contribution in [0.2, 0.25) is 0 Å². The zero-order valence-electron chi connectivity index (χ0n) is 14.8. The maximum atomic E-state index is 13.0. The van der Waals surface area contributed by atoms with Crippen molar-refractivity contribution in [1.29, 1.82) is 0 Å². The number of hydrogen-bond acceptors (Lipinski definition) is 5. The van der Waals surface area contributed by atoms with Crippen LogP contribution in [0.1, 0.15) is 18.1 Å². The topological polar surface area (TPSA) is 61.2 Å². The number of thioether (sulfide) groups is 1. The number of carbonyl (C=O) groups excluding carboxylic acids is 1. The molecule has 0 bridgehead atoms. The molecule has 5 nitrogen and oxygen atoms in total. The van der Waals surface area contributed by atoms with Gasteiger partial charge in [-0.05, 0) is 31.5 Å². The van der Waals surface area contributed by atoms with E-state index < -0.39 is 0 Å². The predicted molar refractivity (Wildman–Crippen MR) is 104 cm³/mol. The Hall–Kier alpha value is -2.60. The van der Waals surface area contributed by atoms with E-state index in [4.69, 9.17) is 4.74 Å². The average Bonchev–Trinajstić information content (AvgIpc) is 2.64. The summed E-state index contributed by atoms with van der Waals surface area (Å²) in [7, 11) is 0. The average molecular weight is 368 g/mol. The lowest BCUT2D eigenvalue weighted by molar-refractivity contribution is -0.139. The molecule has 6 heteroatoms. The van der Waals surface area contributed by atoms with Crippen molar-refractivity contribution in [1.82, 2.24) is 9.55 Å². The van der Waals surface area contributed by atoms with E-state index in [1.54, 1.807) is 23.6 Å². The summed E-state index contributed by atoms with van der Waals surface area (Å²) in [5, 5.41) is 1.09. The molecule has 1 heterocycles. The minimum Gasteiger partial charge on any atom is -0.465 e. The molecule has 0 fully saturated rings. The Morgan fingerprint density at radius 1 is 1.15 bits per heavy atom. The first-order valence-corrected chi connectivity index (χ1v) is 9.40. The van der Waals surface area contributed by atoms with Crippen LogP contribution in [-0.4, -0.2) is 27.9 Å². The van der Waals surface area contributed by atoms with Gasteiger partial charge in [-0.2, -0.15) is 0 Å². The minimum atomic E-state index is -0.318. The van der Waals surface area contributed by atoms with E-state index in [-0.39, 0.29) is 17.3 Å². The largest absolute Gasteiger partial charge is 0.465 e. The van der Waals surface area contributed by atoms with E-state index in [9.17, 15) is 9.59 Å². The Morgan fingerprint density at radius 2 is 1.88 bits per heavy atom. The van der Waals surface area contributed by atoms with Crippen LogP contribution in [-0.2, 0) is 16.1 Å². The van der Waals surface area contributed by atoms with Crippen LogP contribution in [0.4, 0.5) is 0 Å². The number of hydrogen-bond donors (Lipinski definition) is 0. The van der Waals surface area contributed by atoms with Gasteiger partial charge in [0.25, 0.3) is 5.56 Å². The second-order valence-electron chi connectivity index (χ2n) is 5.88. The molecule has 3 rings (SSSR count). The zero-order chi connectivity index (χ0) is 18.5. The molecular formula is C20H20N2O3S. The van der Waals surface area contributed by atoms with Crippen LogP contribution in [0.5, 0.6) is 0 Å². The van der Waals surface area contributed by atoms with Gasteiger partial charge >= 0.3 is 5.97 Å². The van der Waals surface area contributed by atoms with Gasteiger partial charge in [-0.25, -0.2) is 4.98 Å². The standard InChI is InChI=1S/C20H20N2O3S/c1-3-25-18(23)13-26-20-21-17-7-5-4-6-16(17)19(24)22(20)12-15-10-8-14(2)9-11-15/h4-11H,3,12-13H2,1-2H3. The fourth-order valence-electron chi connectivity index (χ4n) is 2.60. The summed E-state index contributed by atoms with van der Waals surface area (Å²) in [6.45, 7) is 4.53. The summed E-state index contributed by atoms with van der Waals surface area (Å²) >= 11 is 1.22. The summed E-state index contributed by atoms with van der Waals surface area (Å²) in [5.74, 6) is -0.200. The van der Waals surface area contributed by atoms with Gasteiger partial charge in [0.15, 0.2) is 5.16 Å². The van der Waals surface area contributed by atoms with Crippen LogP contribution in [0.15, 0.2) is 58.5 Å². The quantitative estimate of drug-likeness (QED) is 0.379. The van der Waals surface area contributed by atoms with Crippen molar-refractivity contribution in [2.24, 2.45) is 0 Å². The van der Waals surface area contributed by atoms with Crippen molar-refractivity contribution >= 4 is 28.6 Å². The maximum Gasteiger partial charge on any atom is 0.316 e. The molecule has 3 aromatic rings. The number of benzene rings is 2. The second kappa shape index (κ2) is 8.19. The zero-order valence-corrected chi connectivity index (χ0v) is 15.6. The summed E-state index contributed by atoms with van der Waals surface area (Å²) in [6.07, 6.45) is 0. The molecule has 2 aromatic carbocycles. The molecule has 0 N–H and O–H groups in total. The number of rotatable bonds is 6. The van der Waals surface area contributed by atoms with E-state index in [0.717, 1.165) is 11.1 Å². The van der Waals surface area contributed by atoms with Crippen molar-refractivity contribution in [2.45, 2.75) is 25.5 Å². The van der Waals surface area contributed by atoms with Crippen LogP contribution >= 0.6 is 11.8 Å². The minimum absolute atomic E-state index is 0.109. The predicted octanol–water partition coefficient (Wildman–Crippen LogP) is 3.41. The van der Waals surface area contributed by atoms with E-state index in [1.165, 1.54) is 11.8 Å². The van der Waals surface area contributed by atoms with Gasteiger partial charge in [0.1, 0.15) is 0 Å². The van der Waals surface area contributed by atoms with Crippen molar-refractivity contribution in [2.75, 3.05) is 12.4 Å². The molecule has 0 atom stereocenters.